The van der Waals surface area contributed by atoms with E-state index >= 15 is 0 Å². The predicted molar refractivity (Wildman–Crippen MR) is 64.2 cm³/mol. The van der Waals surface area contributed by atoms with Gasteiger partial charge in [-0.15, -0.1) is 0 Å². The number of carbonyl (C=O) groups excluding carboxylic acids is 1. The lowest BCUT2D eigenvalue weighted by Crippen LogP contribution is -2.39. The van der Waals surface area contributed by atoms with Gasteiger partial charge in [-0.25, -0.2) is 4.98 Å². The van der Waals surface area contributed by atoms with E-state index in [0.29, 0.717) is 18.2 Å². The fourth-order valence-electron chi connectivity index (χ4n) is 2.33. The zero-order valence-corrected chi connectivity index (χ0v) is 10.4. The highest BCUT2D eigenvalue weighted by Gasteiger charge is 2.22. The fourth-order valence-corrected chi connectivity index (χ4v) is 2.33. The van der Waals surface area contributed by atoms with Crippen molar-refractivity contribution in [3.8, 4) is 0 Å². The quantitative estimate of drug-likeness (QED) is 0.792. The van der Waals surface area contributed by atoms with Gasteiger partial charge in [0, 0.05) is 26.1 Å². The van der Waals surface area contributed by atoms with Crippen LogP contribution in [-0.2, 0) is 11.3 Å². The topological polar surface area (TPSA) is 51.0 Å². The van der Waals surface area contributed by atoms with Crippen molar-refractivity contribution in [1.29, 1.82) is 0 Å². The zero-order chi connectivity index (χ0) is 12.1. The van der Waals surface area contributed by atoms with Gasteiger partial charge in [0.25, 0.3) is 0 Å². The number of carbonyl (C=O) groups is 1. The van der Waals surface area contributed by atoms with Crippen LogP contribution in [0.1, 0.15) is 32.6 Å². The summed E-state index contributed by atoms with van der Waals surface area (Å²) in [5.74, 6) is 0.939. The number of hydrogen-bond acceptors (Lipinski definition) is 3. The van der Waals surface area contributed by atoms with Gasteiger partial charge in [0.05, 0.1) is 0 Å². The Balaban J connectivity index is 1.76. The average Bonchev–Trinajstić information content (AvgIpc) is 2.83. The molecule has 0 atom stereocenters. The van der Waals surface area contributed by atoms with Crippen LogP contribution in [0.3, 0.4) is 0 Å². The van der Waals surface area contributed by atoms with Crippen molar-refractivity contribution >= 4 is 5.91 Å². The van der Waals surface area contributed by atoms with Crippen LogP contribution >= 0.6 is 0 Å². The molecular formula is C12H20N4O. The van der Waals surface area contributed by atoms with E-state index in [1.165, 1.54) is 0 Å². The molecule has 0 unspecified atom stereocenters. The van der Waals surface area contributed by atoms with Crippen molar-refractivity contribution < 1.29 is 4.79 Å². The molecule has 1 amide bonds. The molecule has 0 bridgehead atoms. The fraction of sp³-hybridized carbons (Fsp3) is 0.750. The van der Waals surface area contributed by atoms with Crippen molar-refractivity contribution in [3.63, 3.8) is 0 Å². The van der Waals surface area contributed by atoms with Gasteiger partial charge in [-0.2, -0.15) is 5.10 Å². The monoisotopic (exact) mass is 236 g/mol. The maximum absolute atomic E-state index is 11.7. The Hall–Kier alpha value is -1.39. The molecule has 0 radical (unpaired) electrons. The van der Waals surface area contributed by atoms with Crippen molar-refractivity contribution in [2.24, 2.45) is 5.92 Å². The standard InChI is InChI=1S/C12H20N4O/c1-2-3-12(17)15-6-4-11(5-7-15)8-16-10-13-9-14-16/h9-11H,2-8H2,1H3. The van der Waals surface area contributed by atoms with Gasteiger partial charge in [0.2, 0.25) is 5.91 Å². The summed E-state index contributed by atoms with van der Waals surface area (Å²) in [4.78, 5) is 17.7. The Kier molecular flexibility index (Phi) is 4.12. The molecule has 5 nitrogen and oxygen atoms in total. The molecule has 2 heterocycles. The molecule has 17 heavy (non-hydrogen) atoms. The molecule has 1 aromatic rings. The van der Waals surface area contributed by atoms with Crippen LogP contribution in [0.2, 0.25) is 0 Å². The number of rotatable bonds is 4. The highest BCUT2D eigenvalue weighted by atomic mass is 16.2. The molecule has 1 aliphatic heterocycles. The minimum Gasteiger partial charge on any atom is -0.343 e. The highest BCUT2D eigenvalue weighted by molar-refractivity contribution is 5.76. The van der Waals surface area contributed by atoms with Crippen LogP contribution in [0.4, 0.5) is 0 Å². The lowest BCUT2D eigenvalue weighted by Gasteiger charge is -2.31. The minimum atomic E-state index is 0.312. The summed E-state index contributed by atoms with van der Waals surface area (Å²) < 4.78 is 1.88. The summed E-state index contributed by atoms with van der Waals surface area (Å²) in [6.07, 6.45) is 7.12. The molecule has 1 aliphatic rings. The van der Waals surface area contributed by atoms with E-state index in [1.54, 1.807) is 12.7 Å². The van der Waals surface area contributed by atoms with Crippen LogP contribution in [0, 0.1) is 5.92 Å². The Labute approximate surface area is 102 Å². The maximum Gasteiger partial charge on any atom is 0.222 e. The van der Waals surface area contributed by atoms with Gasteiger partial charge in [-0.1, -0.05) is 6.92 Å². The first-order valence-corrected chi connectivity index (χ1v) is 6.39. The number of aromatic nitrogens is 3. The molecule has 1 saturated heterocycles. The van der Waals surface area contributed by atoms with Crippen LogP contribution in [0.5, 0.6) is 0 Å². The first-order valence-electron chi connectivity index (χ1n) is 6.39. The molecule has 1 fully saturated rings. The first kappa shape index (κ1) is 12.1. The lowest BCUT2D eigenvalue weighted by molar-refractivity contribution is -0.132. The van der Waals surface area contributed by atoms with Gasteiger partial charge >= 0.3 is 0 Å². The van der Waals surface area contributed by atoms with Gasteiger partial charge in [0.1, 0.15) is 12.7 Å². The van der Waals surface area contributed by atoms with Gasteiger partial charge in [-0.05, 0) is 25.2 Å². The summed E-state index contributed by atoms with van der Waals surface area (Å²) >= 11 is 0. The Bertz CT molecular complexity index is 341. The van der Waals surface area contributed by atoms with Crippen LogP contribution in [0.25, 0.3) is 0 Å². The maximum atomic E-state index is 11.7. The molecule has 1 aromatic heterocycles. The summed E-state index contributed by atoms with van der Waals surface area (Å²) in [6.45, 7) is 4.78. The van der Waals surface area contributed by atoms with E-state index in [1.807, 2.05) is 9.58 Å². The summed E-state index contributed by atoms with van der Waals surface area (Å²) in [7, 11) is 0. The molecule has 2 rings (SSSR count). The third kappa shape index (κ3) is 3.28. The smallest absolute Gasteiger partial charge is 0.222 e. The van der Waals surface area contributed by atoms with E-state index in [0.717, 1.165) is 38.9 Å². The Morgan fingerprint density at radius 2 is 2.18 bits per heavy atom. The molecule has 0 saturated carbocycles. The largest absolute Gasteiger partial charge is 0.343 e. The number of piperidine rings is 1. The van der Waals surface area contributed by atoms with E-state index in [4.69, 9.17) is 0 Å². The number of likely N-dealkylation sites (tertiary alicyclic amines) is 1. The molecule has 0 aliphatic carbocycles. The average molecular weight is 236 g/mol. The van der Waals surface area contributed by atoms with E-state index in [2.05, 4.69) is 17.0 Å². The molecule has 0 spiro atoms. The summed E-state index contributed by atoms with van der Waals surface area (Å²) in [6, 6.07) is 0. The number of amides is 1. The van der Waals surface area contributed by atoms with Crippen molar-refractivity contribution in [3.05, 3.63) is 12.7 Å². The summed E-state index contributed by atoms with van der Waals surface area (Å²) in [5.41, 5.74) is 0. The van der Waals surface area contributed by atoms with Crippen molar-refractivity contribution in [2.75, 3.05) is 13.1 Å². The Morgan fingerprint density at radius 1 is 1.41 bits per heavy atom. The number of nitrogens with zero attached hydrogens (tertiary/aromatic N) is 4. The van der Waals surface area contributed by atoms with E-state index in [9.17, 15) is 4.79 Å². The van der Waals surface area contributed by atoms with Crippen LogP contribution < -0.4 is 0 Å². The zero-order valence-electron chi connectivity index (χ0n) is 10.4. The second-order valence-electron chi connectivity index (χ2n) is 4.69. The lowest BCUT2D eigenvalue weighted by atomic mass is 9.96. The van der Waals surface area contributed by atoms with Crippen molar-refractivity contribution in [1.82, 2.24) is 19.7 Å². The minimum absolute atomic E-state index is 0.312. The molecular weight excluding hydrogens is 216 g/mol. The third-order valence-corrected chi connectivity index (χ3v) is 3.34. The second-order valence-corrected chi connectivity index (χ2v) is 4.69. The van der Waals surface area contributed by atoms with Gasteiger partial charge in [-0.3, -0.25) is 9.48 Å². The molecule has 0 N–H and O–H groups in total. The predicted octanol–water partition coefficient (Wildman–Crippen LogP) is 1.32. The van der Waals surface area contributed by atoms with E-state index in [-0.39, 0.29) is 0 Å². The van der Waals surface area contributed by atoms with Gasteiger partial charge < -0.3 is 4.90 Å². The summed E-state index contributed by atoms with van der Waals surface area (Å²) in [5, 5.41) is 4.12. The highest BCUT2D eigenvalue weighted by Crippen LogP contribution is 2.19. The molecule has 5 heteroatoms. The van der Waals surface area contributed by atoms with Crippen molar-refractivity contribution in [2.45, 2.75) is 39.2 Å². The molecule has 94 valence electrons. The van der Waals surface area contributed by atoms with Crippen LogP contribution in [-0.4, -0.2) is 38.7 Å². The van der Waals surface area contributed by atoms with Gasteiger partial charge in [0.15, 0.2) is 0 Å². The van der Waals surface area contributed by atoms with E-state index < -0.39 is 0 Å². The van der Waals surface area contributed by atoms with Crippen LogP contribution in [0.15, 0.2) is 12.7 Å². The second kappa shape index (κ2) is 5.80. The first-order chi connectivity index (χ1) is 8.29. The normalized spacial score (nSPS) is 17.4. The Morgan fingerprint density at radius 3 is 2.76 bits per heavy atom. The SMILES string of the molecule is CCCC(=O)N1CCC(Cn2cncn2)CC1. The number of hydrogen-bond donors (Lipinski definition) is 0. The molecule has 0 aromatic carbocycles. The third-order valence-electron chi connectivity index (χ3n) is 3.34.